The lowest BCUT2D eigenvalue weighted by molar-refractivity contribution is 0.00333. The van der Waals surface area contributed by atoms with Gasteiger partial charge in [-0.1, -0.05) is 52.8 Å². The molecule has 0 aromatic heterocycles. The molecule has 3 aliphatic rings. The quantitative estimate of drug-likeness (QED) is 0.359. The SMILES string of the molecule is Cc1cccc2c1CC[C@@H]1[C@@H]2CC[C@]2(C)[C@@H]([C@H](C)C[C@H](COS(C)(=O)=O)[C@H](C)C(C)C)CC[C@@H]12. The molecule has 0 bridgehead atoms. The zero-order valence-corrected chi connectivity index (χ0v) is 23.5. The van der Waals surface area contributed by atoms with Crippen LogP contribution in [-0.4, -0.2) is 21.3 Å². The van der Waals surface area contributed by atoms with Gasteiger partial charge in [-0.25, -0.2) is 0 Å². The van der Waals surface area contributed by atoms with Crippen LogP contribution in [0.3, 0.4) is 0 Å². The van der Waals surface area contributed by atoms with E-state index in [9.17, 15) is 8.42 Å². The van der Waals surface area contributed by atoms with E-state index in [1.807, 2.05) is 0 Å². The first-order valence-electron chi connectivity index (χ1n) is 13.8. The van der Waals surface area contributed by atoms with Gasteiger partial charge in [0.15, 0.2) is 0 Å². The van der Waals surface area contributed by atoms with E-state index in [-0.39, 0.29) is 5.92 Å². The fourth-order valence-electron chi connectivity index (χ4n) is 8.61. The molecule has 3 aliphatic carbocycles. The van der Waals surface area contributed by atoms with Crippen molar-refractivity contribution in [1.82, 2.24) is 0 Å². The van der Waals surface area contributed by atoms with Crippen molar-refractivity contribution in [2.45, 2.75) is 92.4 Å². The minimum absolute atomic E-state index is 0.285. The Morgan fingerprint density at radius 1 is 1.09 bits per heavy atom. The van der Waals surface area contributed by atoms with Crippen molar-refractivity contribution in [3.05, 3.63) is 34.9 Å². The summed E-state index contributed by atoms with van der Waals surface area (Å²) >= 11 is 0. The summed E-state index contributed by atoms with van der Waals surface area (Å²) in [6, 6.07) is 7.00. The molecule has 0 spiro atoms. The maximum atomic E-state index is 11.7. The van der Waals surface area contributed by atoms with Crippen molar-refractivity contribution in [3.63, 3.8) is 0 Å². The molecule has 2 saturated carbocycles. The third-order valence-electron chi connectivity index (χ3n) is 10.7. The third-order valence-corrected chi connectivity index (χ3v) is 11.3. The third kappa shape index (κ3) is 5.01. The topological polar surface area (TPSA) is 43.4 Å². The highest BCUT2D eigenvalue weighted by molar-refractivity contribution is 7.85. The average molecular weight is 489 g/mol. The van der Waals surface area contributed by atoms with Gasteiger partial charge in [-0.15, -0.1) is 0 Å². The number of hydrogen-bond acceptors (Lipinski definition) is 3. The number of aryl methyl sites for hydroxylation is 1. The van der Waals surface area contributed by atoms with Gasteiger partial charge in [0.25, 0.3) is 10.1 Å². The maximum absolute atomic E-state index is 11.7. The predicted octanol–water partition coefficient (Wildman–Crippen LogP) is 7.38. The second kappa shape index (κ2) is 9.88. The van der Waals surface area contributed by atoms with Gasteiger partial charge in [-0.3, -0.25) is 4.18 Å². The van der Waals surface area contributed by atoms with Crippen LogP contribution in [0, 0.1) is 53.8 Å². The van der Waals surface area contributed by atoms with Gasteiger partial charge in [0.2, 0.25) is 0 Å². The van der Waals surface area contributed by atoms with Crippen molar-refractivity contribution in [3.8, 4) is 0 Å². The fourth-order valence-corrected chi connectivity index (χ4v) is 9.03. The molecule has 0 aliphatic heterocycles. The summed E-state index contributed by atoms with van der Waals surface area (Å²) < 4.78 is 28.8. The molecule has 3 nitrogen and oxygen atoms in total. The molecule has 4 rings (SSSR count). The summed E-state index contributed by atoms with van der Waals surface area (Å²) in [7, 11) is -3.41. The second-order valence-electron chi connectivity index (χ2n) is 12.9. The Labute approximate surface area is 209 Å². The summed E-state index contributed by atoms with van der Waals surface area (Å²) in [6.07, 6.45) is 10.2. The summed E-state index contributed by atoms with van der Waals surface area (Å²) in [4.78, 5) is 0. The van der Waals surface area contributed by atoms with Gasteiger partial charge in [0.1, 0.15) is 0 Å². The lowest BCUT2D eigenvalue weighted by Crippen LogP contribution is -2.44. The van der Waals surface area contributed by atoms with Gasteiger partial charge in [-0.05, 0) is 121 Å². The summed E-state index contributed by atoms with van der Waals surface area (Å²) in [6.45, 7) is 14.5. The van der Waals surface area contributed by atoms with E-state index in [2.05, 4.69) is 59.7 Å². The normalized spacial score (nSPS) is 33.6. The van der Waals surface area contributed by atoms with Crippen molar-refractivity contribution in [2.75, 3.05) is 12.9 Å². The number of rotatable bonds is 8. The van der Waals surface area contributed by atoms with Crippen LogP contribution in [-0.2, 0) is 20.7 Å². The Morgan fingerprint density at radius 2 is 1.82 bits per heavy atom. The van der Waals surface area contributed by atoms with Gasteiger partial charge >= 0.3 is 0 Å². The van der Waals surface area contributed by atoms with E-state index in [0.717, 1.165) is 30.1 Å². The largest absolute Gasteiger partial charge is 0.270 e. The lowest BCUT2D eigenvalue weighted by atomic mass is 9.52. The molecule has 0 saturated heterocycles. The molecule has 1 aromatic rings. The van der Waals surface area contributed by atoms with Crippen LogP contribution in [0.5, 0.6) is 0 Å². The monoisotopic (exact) mass is 488 g/mol. The molecule has 4 heteroatoms. The van der Waals surface area contributed by atoms with E-state index in [1.165, 1.54) is 50.3 Å². The first-order chi connectivity index (χ1) is 15.9. The molecule has 8 atom stereocenters. The minimum atomic E-state index is -3.41. The van der Waals surface area contributed by atoms with E-state index in [0.29, 0.717) is 29.8 Å². The summed E-state index contributed by atoms with van der Waals surface area (Å²) in [5.41, 5.74) is 5.22. The average Bonchev–Trinajstić information content (AvgIpc) is 3.12. The maximum Gasteiger partial charge on any atom is 0.264 e. The van der Waals surface area contributed by atoms with Crippen LogP contribution < -0.4 is 0 Å². The van der Waals surface area contributed by atoms with Gasteiger partial charge < -0.3 is 0 Å². The molecule has 2 fully saturated rings. The molecule has 192 valence electrons. The second-order valence-corrected chi connectivity index (χ2v) is 14.5. The standard InChI is InChI=1S/C30H48O3S/c1-19(2)22(5)23(18-33-34(7,31)32)17-21(4)28-13-14-29-27-12-11-24-20(3)9-8-10-25(24)26(27)15-16-30(28,29)6/h8-10,19,21-23,26-29H,11-18H2,1-7H3/t21-,22-,23-,26-,27-,28-,29+,30-/m1/s1. The van der Waals surface area contributed by atoms with Gasteiger partial charge in [0.05, 0.1) is 12.9 Å². The molecule has 34 heavy (non-hydrogen) atoms. The number of benzene rings is 1. The van der Waals surface area contributed by atoms with Crippen LogP contribution in [0.15, 0.2) is 18.2 Å². The highest BCUT2D eigenvalue weighted by Gasteiger charge is 2.55. The van der Waals surface area contributed by atoms with E-state index >= 15 is 0 Å². The molecule has 1 aromatic carbocycles. The van der Waals surface area contributed by atoms with E-state index in [1.54, 1.807) is 11.1 Å². The van der Waals surface area contributed by atoms with Crippen LogP contribution >= 0.6 is 0 Å². The number of hydrogen-bond donors (Lipinski definition) is 0. The molecule has 0 radical (unpaired) electrons. The molecule has 0 unspecified atom stereocenters. The van der Waals surface area contributed by atoms with Gasteiger partial charge in [0, 0.05) is 0 Å². The highest BCUT2D eigenvalue weighted by Crippen LogP contribution is 2.64. The molecule has 0 amide bonds. The van der Waals surface area contributed by atoms with Crippen molar-refractivity contribution >= 4 is 10.1 Å². The van der Waals surface area contributed by atoms with Crippen molar-refractivity contribution < 1.29 is 12.6 Å². The molecular weight excluding hydrogens is 440 g/mol. The Bertz CT molecular complexity index is 967. The minimum Gasteiger partial charge on any atom is -0.270 e. The Balaban J connectivity index is 1.50. The smallest absolute Gasteiger partial charge is 0.264 e. The molecular formula is C30H48O3S. The first-order valence-corrected chi connectivity index (χ1v) is 15.7. The van der Waals surface area contributed by atoms with Crippen LogP contribution in [0.1, 0.15) is 95.8 Å². The Morgan fingerprint density at radius 3 is 2.50 bits per heavy atom. The van der Waals surface area contributed by atoms with E-state index in [4.69, 9.17) is 4.18 Å². The first kappa shape index (κ1) is 26.2. The fraction of sp³-hybridized carbons (Fsp3) is 0.800. The number of fused-ring (bicyclic) bond motifs is 5. The van der Waals surface area contributed by atoms with Crippen molar-refractivity contribution in [1.29, 1.82) is 0 Å². The Kier molecular flexibility index (Phi) is 7.62. The molecule has 0 N–H and O–H groups in total. The van der Waals surface area contributed by atoms with Crippen LogP contribution in [0.4, 0.5) is 0 Å². The zero-order chi connectivity index (χ0) is 24.8. The molecule has 0 heterocycles. The van der Waals surface area contributed by atoms with Crippen LogP contribution in [0.25, 0.3) is 0 Å². The van der Waals surface area contributed by atoms with Gasteiger partial charge in [-0.2, -0.15) is 8.42 Å². The summed E-state index contributed by atoms with van der Waals surface area (Å²) in [5.74, 6) is 5.01. The van der Waals surface area contributed by atoms with Crippen LogP contribution in [0.2, 0.25) is 0 Å². The predicted molar refractivity (Wildman–Crippen MR) is 141 cm³/mol. The Hall–Kier alpha value is -0.870. The van der Waals surface area contributed by atoms with E-state index < -0.39 is 10.1 Å². The summed E-state index contributed by atoms with van der Waals surface area (Å²) in [5, 5.41) is 0. The zero-order valence-electron chi connectivity index (χ0n) is 22.6. The highest BCUT2D eigenvalue weighted by atomic mass is 32.2. The lowest BCUT2D eigenvalue weighted by Gasteiger charge is -2.52. The van der Waals surface area contributed by atoms with Crippen molar-refractivity contribution in [2.24, 2.45) is 46.8 Å².